The van der Waals surface area contributed by atoms with E-state index in [1.165, 1.54) is 0 Å². The molecular formula is C12H16N2O2. The molecular weight excluding hydrogens is 204 g/mol. The number of nitrogens with one attached hydrogen (secondary N) is 1. The molecule has 0 bridgehead atoms. The van der Waals surface area contributed by atoms with Crippen molar-refractivity contribution in [2.75, 3.05) is 14.2 Å². The minimum absolute atomic E-state index is 0.581. The van der Waals surface area contributed by atoms with Crippen LogP contribution in [0.4, 0.5) is 0 Å². The minimum Gasteiger partial charge on any atom is -0.388 e. The Bertz CT molecular complexity index is 351. The number of allylic oxidation sites excluding steroid dienone is 5. The lowest BCUT2D eigenvalue weighted by molar-refractivity contribution is -0.108. The van der Waals surface area contributed by atoms with Crippen molar-refractivity contribution in [1.29, 1.82) is 5.26 Å². The lowest BCUT2D eigenvalue weighted by atomic mass is 9.92. The van der Waals surface area contributed by atoms with E-state index in [-0.39, 0.29) is 0 Å². The molecule has 1 rings (SSSR count). The van der Waals surface area contributed by atoms with Gasteiger partial charge in [0.25, 0.3) is 0 Å². The first-order valence-electron chi connectivity index (χ1n) is 4.72. The number of carbonyl (C=O) groups excluding carboxylic acids is 1. The van der Waals surface area contributed by atoms with E-state index in [0.717, 1.165) is 0 Å². The van der Waals surface area contributed by atoms with E-state index < -0.39 is 5.41 Å². The van der Waals surface area contributed by atoms with E-state index in [1.54, 1.807) is 51.5 Å². The number of amides is 1. The number of nitriles is 1. The maximum atomic E-state index is 10.1. The molecule has 1 amide bonds. The first kappa shape index (κ1) is 14.1. The van der Waals surface area contributed by atoms with Crippen LogP contribution in [0.5, 0.6) is 0 Å². The third kappa shape index (κ3) is 5.13. The van der Waals surface area contributed by atoms with Gasteiger partial charge in [-0.05, 0) is 19.1 Å². The molecule has 86 valence electrons. The Kier molecular flexibility index (Phi) is 6.57. The highest BCUT2D eigenvalue weighted by molar-refractivity contribution is 5.53. The molecule has 0 aromatic rings. The Hall–Kier alpha value is -1.86. The topological polar surface area (TPSA) is 62.1 Å². The predicted molar refractivity (Wildman–Crippen MR) is 62.2 cm³/mol. The Morgan fingerprint density at radius 3 is 2.62 bits per heavy atom. The molecule has 0 heterocycles. The lowest BCUT2D eigenvalue weighted by Gasteiger charge is -2.08. The second-order valence-electron chi connectivity index (χ2n) is 3.38. The summed E-state index contributed by atoms with van der Waals surface area (Å²) in [7, 11) is 3.25. The summed E-state index contributed by atoms with van der Waals surface area (Å²) in [5.74, 6) is 0. The van der Waals surface area contributed by atoms with Gasteiger partial charge in [-0.15, -0.1) is 0 Å². The Morgan fingerprint density at radius 1 is 1.50 bits per heavy atom. The van der Waals surface area contributed by atoms with Gasteiger partial charge >= 0.3 is 0 Å². The average molecular weight is 220 g/mol. The predicted octanol–water partition coefficient (Wildman–Crippen LogP) is 1.53. The van der Waals surface area contributed by atoms with Gasteiger partial charge in [0.2, 0.25) is 6.41 Å². The van der Waals surface area contributed by atoms with Crippen molar-refractivity contribution in [1.82, 2.24) is 5.32 Å². The van der Waals surface area contributed by atoms with Crippen molar-refractivity contribution < 1.29 is 9.53 Å². The first-order chi connectivity index (χ1) is 7.61. The first-order valence-corrected chi connectivity index (χ1v) is 4.72. The van der Waals surface area contributed by atoms with E-state index in [2.05, 4.69) is 16.1 Å². The number of hydrogen-bond donors (Lipinski definition) is 1. The molecule has 0 aromatic carbocycles. The Morgan fingerprint density at radius 2 is 2.12 bits per heavy atom. The molecule has 16 heavy (non-hydrogen) atoms. The molecule has 0 aliphatic heterocycles. The molecule has 0 spiro atoms. The van der Waals surface area contributed by atoms with Crippen LogP contribution < -0.4 is 5.32 Å². The van der Waals surface area contributed by atoms with Crippen molar-refractivity contribution in [3.63, 3.8) is 0 Å². The second kappa shape index (κ2) is 7.43. The van der Waals surface area contributed by atoms with Crippen LogP contribution in [0.25, 0.3) is 0 Å². The third-order valence-electron chi connectivity index (χ3n) is 1.79. The van der Waals surface area contributed by atoms with Gasteiger partial charge in [-0.1, -0.05) is 18.2 Å². The van der Waals surface area contributed by atoms with Gasteiger partial charge in [-0.25, -0.2) is 0 Å². The largest absolute Gasteiger partial charge is 0.388 e. The van der Waals surface area contributed by atoms with Gasteiger partial charge < -0.3 is 10.1 Å². The number of hydrogen-bond acceptors (Lipinski definition) is 3. The fraction of sp³-hybridized carbons (Fsp3) is 0.333. The molecule has 0 saturated heterocycles. The maximum absolute atomic E-state index is 10.1. The highest BCUT2D eigenvalue weighted by atomic mass is 16.4. The highest BCUT2D eigenvalue weighted by Gasteiger charge is 2.16. The van der Waals surface area contributed by atoms with Crippen molar-refractivity contribution in [2.24, 2.45) is 5.41 Å². The summed E-state index contributed by atoms with van der Waals surface area (Å²) in [5.41, 5.74) is 0.105. The number of carbonyl (C=O) groups is 1. The van der Waals surface area contributed by atoms with Crippen LogP contribution in [-0.4, -0.2) is 20.6 Å². The number of ether oxygens (including phenoxy) is 1. The quantitative estimate of drug-likeness (QED) is 0.718. The van der Waals surface area contributed by atoms with Crippen molar-refractivity contribution in [2.45, 2.75) is 6.92 Å². The molecule has 1 N–H and O–H groups in total. The van der Waals surface area contributed by atoms with E-state index >= 15 is 0 Å². The molecule has 0 radical (unpaired) electrons. The maximum Gasteiger partial charge on any atom is 0.211 e. The summed E-state index contributed by atoms with van der Waals surface area (Å²) in [6.45, 7) is 1.80. The van der Waals surface area contributed by atoms with Crippen LogP contribution in [0, 0.1) is 16.7 Å². The van der Waals surface area contributed by atoms with E-state index in [9.17, 15) is 4.79 Å². The van der Waals surface area contributed by atoms with E-state index in [1.807, 2.05) is 0 Å². The van der Waals surface area contributed by atoms with Crippen LogP contribution in [0.2, 0.25) is 0 Å². The van der Waals surface area contributed by atoms with Gasteiger partial charge in [-0.2, -0.15) is 5.26 Å². The van der Waals surface area contributed by atoms with Gasteiger partial charge in [0, 0.05) is 19.9 Å². The zero-order chi connectivity index (χ0) is 12.4. The fourth-order valence-electron chi connectivity index (χ4n) is 0.964. The van der Waals surface area contributed by atoms with Crippen molar-refractivity contribution >= 4 is 6.41 Å². The summed E-state index contributed by atoms with van der Waals surface area (Å²) in [4.78, 5) is 10.1. The molecule has 1 aliphatic carbocycles. The van der Waals surface area contributed by atoms with Gasteiger partial charge in [0.05, 0.1) is 11.5 Å². The minimum atomic E-state index is -0.581. The van der Waals surface area contributed by atoms with Crippen molar-refractivity contribution in [3.05, 3.63) is 36.1 Å². The Balaban J connectivity index is 0.000000673. The SMILES string of the molecule is CC1(C#N)C=CC=C(NC=O)C=C1.COC. The number of rotatable bonds is 2. The fourth-order valence-corrected chi connectivity index (χ4v) is 0.964. The van der Waals surface area contributed by atoms with Crippen molar-refractivity contribution in [3.8, 4) is 6.07 Å². The molecule has 0 aromatic heterocycles. The van der Waals surface area contributed by atoms with Crippen LogP contribution in [0.15, 0.2) is 36.1 Å². The Labute approximate surface area is 95.9 Å². The summed E-state index contributed by atoms with van der Waals surface area (Å²) >= 11 is 0. The summed E-state index contributed by atoms with van der Waals surface area (Å²) in [6.07, 6.45) is 9.36. The summed E-state index contributed by atoms with van der Waals surface area (Å²) in [5, 5.41) is 11.3. The van der Waals surface area contributed by atoms with Crippen LogP contribution in [0.3, 0.4) is 0 Å². The molecule has 1 atom stereocenters. The highest BCUT2D eigenvalue weighted by Crippen LogP contribution is 2.21. The summed E-state index contributed by atoms with van der Waals surface area (Å²) in [6, 6.07) is 2.16. The molecule has 1 aliphatic rings. The zero-order valence-corrected chi connectivity index (χ0v) is 9.73. The molecule has 4 nitrogen and oxygen atoms in total. The smallest absolute Gasteiger partial charge is 0.211 e. The normalized spacial score (nSPS) is 22.0. The average Bonchev–Trinajstić information content (AvgIpc) is 2.44. The molecule has 4 heteroatoms. The zero-order valence-electron chi connectivity index (χ0n) is 9.73. The molecule has 0 fully saturated rings. The standard InChI is InChI=1S/C10H10N2O.C2H6O/c1-10(7-11)5-2-3-9(4-6-10)12-8-13;1-3-2/h2-6,8H,1H3,(H,12,13);1-2H3. The van der Waals surface area contributed by atoms with E-state index in [4.69, 9.17) is 5.26 Å². The van der Waals surface area contributed by atoms with E-state index in [0.29, 0.717) is 12.1 Å². The number of methoxy groups -OCH3 is 1. The van der Waals surface area contributed by atoms with Gasteiger partial charge in [0.15, 0.2) is 0 Å². The number of nitrogens with zero attached hydrogens (tertiary/aromatic N) is 1. The second-order valence-corrected chi connectivity index (χ2v) is 3.38. The monoisotopic (exact) mass is 220 g/mol. The lowest BCUT2D eigenvalue weighted by Crippen LogP contribution is -2.08. The molecule has 1 unspecified atom stereocenters. The van der Waals surface area contributed by atoms with Gasteiger partial charge in [-0.3, -0.25) is 4.79 Å². The van der Waals surface area contributed by atoms with Gasteiger partial charge in [0.1, 0.15) is 0 Å². The van der Waals surface area contributed by atoms with Crippen LogP contribution in [0.1, 0.15) is 6.92 Å². The molecule has 0 saturated carbocycles. The third-order valence-corrected chi connectivity index (χ3v) is 1.79. The summed E-state index contributed by atoms with van der Waals surface area (Å²) < 4.78 is 4.25. The van der Waals surface area contributed by atoms with Crippen LogP contribution in [-0.2, 0) is 9.53 Å². The van der Waals surface area contributed by atoms with Crippen LogP contribution >= 0.6 is 0 Å².